The number of sulfonamides is 1. The second-order valence-electron chi connectivity index (χ2n) is 8.41. The van der Waals surface area contributed by atoms with Gasteiger partial charge in [-0.15, -0.1) is 0 Å². The van der Waals surface area contributed by atoms with Gasteiger partial charge in [0.05, 0.1) is 25.2 Å². The van der Waals surface area contributed by atoms with Gasteiger partial charge < -0.3 is 20.1 Å². The van der Waals surface area contributed by atoms with Gasteiger partial charge in [0.1, 0.15) is 11.8 Å². The summed E-state index contributed by atoms with van der Waals surface area (Å²) in [4.78, 5) is 25.9. The fraction of sp³-hybridized carbons (Fsp3) is 0.417. The molecule has 2 aromatic rings. The highest BCUT2D eigenvalue weighted by Gasteiger charge is 2.28. The van der Waals surface area contributed by atoms with E-state index in [0.717, 1.165) is 0 Å². The van der Waals surface area contributed by atoms with Crippen molar-refractivity contribution in [2.24, 2.45) is 5.92 Å². The molecule has 184 valence electrons. The number of methoxy groups -OCH3 is 1. The molecule has 3 rings (SSSR count). The molecule has 9 nitrogen and oxygen atoms in total. The lowest BCUT2D eigenvalue weighted by Crippen LogP contribution is -2.47. The van der Waals surface area contributed by atoms with Crippen molar-refractivity contribution in [3.05, 3.63) is 53.6 Å². The van der Waals surface area contributed by atoms with Crippen LogP contribution in [0.3, 0.4) is 0 Å². The van der Waals surface area contributed by atoms with Gasteiger partial charge in [-0.25, -0.2) is 8.42 Å². The first-order valence-corrected chi connectivity index (χ1v) is 12.5. The summed E-state index contributed by atoms with van der Waals surface area (Å²) in [6.45, 7) is 6.68. The average Bonchev–Trinajstić information content (AvgIpc) is 2.83. The minimum Gasteiger partial charge on any atom is -0.497 e. The van der Waals surface area contributed by atoms with E-state index >= 15 is 0 Å². The van der Waals surface area contributed by atoms with Crippen molar-refractivity contribution in [1.82, 2.24) is 9.62 Å². The van der Waals surface area contributed by atoms with Crippen LogP contribution < -0.4 is 15.4 Å². The maximum atomic E-state index is 13.1. The standard InChI is InChI=1S/C24H31N3O6S/c1-16(2)22(26-23(28)18-6-8-19(32-4)9-7-18)24(29)25-21-15-20(10-5-17(21)3)34(30,31)27-11-13-33-14-12-27/h5-10,15-16,22H,11-14H2,1-4H3,(H,25,29)(H,26,28). The lowest BCUT2D eigenvalue weighted by Gasteiger charge is -2.26. The van der Waals surface area contributed by atoms with Crippen LogP contribution in [-0.2, 0) is 19.6 Å². The number of ether oxygens (including phenoxy) is 2. The Bertz CT molecular complexity index is 1130. The number of hydrogen-bond acceptors (Lipinski definition) is 6. The van der Waals surface area contributed by atoms with Gasteiger partial charge in [0.15, 0.2) is 0 Å². The van der Waals surface area contributed by atoms with E-state index in [0.29, 0.717) is 35.8 Å². The molecule has 0 saturated carbocycles. The zero-order valence-electron chi connectivity index (χ0n) is 19.8. The quantitative estimate of drug-likeness (QED) is 0.589. The van der Waals surface area contributed by atoms with Crippen LogP contribution >= 0.6 is 0 Å². The first-order valence-electron chi connectivity index (χ1n) is 11.1. The molecule has 0 radical (unpaired) electrons. The van der Waals surface area contributed by atoms with Crippen molar-refractivity contribution >= 4 is 27.5 Å². The van der Waals surface area contributed by atoms with E-state index in [4.69, 9.17) is 9.47 Å². The van der Waals surface area contributed by atoms with Crippen LogP contribution in [0.2, 0.25) is 0 Å². The number of anilines is 1. The minimum absolute atomic E-state index is 0.0960. The average molecular weight is 490 g/mol. The number of hydrogen-bond donors (Lipinski definition) is 2. The van der Waals surface area contributed by atoms with Crippen LogP contribution in [0.4, 0.5) is 5.69 Å². The molecule has 1 unspecified atom stereocenters. The summed E-state index contributed by atoms with van der Waals surface area (Å²) >= 11 is 0. The van der Waals surface area contributed by atoms with Crippen LogP contribution in [0.25, 0.3) is 0 Å². The van der Waals surface area contributed by atoms with E-state index in [2.05, 4.69) is 10.6 Å². The molecule has 0 aliphatic carbocycles. The summed E-state index contributed by atoms with van der Waals surface area (Å²) in [6.07, 6.45) is 0. The molecule has 0 bridgehead atoms. The third-order valence-corrected chi connectivity index (χ3v) is 7.56. The van der Waals surface area contributed by atoms with Gasteiger partial charge in [-0.2, -0.15) is 4.31 Å². The third-order valence-electron chi connectivity index (χ3n) is 5.66. The van der Waals surface area contributed by atoms with Gasteiger partial charge in [-0.05, 0) is 54.8 Å². The molecule has 1 saturated heterocycles. The molecule has 0 aromatic heterocycles. The summed E-state index contributed by atoms with van der Waals surface area (Å²) in [6, 6.07) is 10.4. The molecule has 2 aromatic carbocycles. The summed E-state index contributed by atoms with van der Waals surface area (Å²) in [5.41, 5.74) is 1.48. The number of morpholine rings is 1. The molecule has 10 heteroatoms. The van der Waals surface area contributed by atoms with Gasteiger partial charge in [0, 0.05) is 24.3 Å². The molecular formula is C24H31N3O6S. The van der Waals surface area contributed by atoms with E-state index in [1.165, 1.54) is 23.5 Å². The number of carbonyl (C=O) groups is 2. The zero-order chi connectivity index (χ0) is 24.9. The number of aryl methyl sites for hydroxylation is 1. The van der Waals surface area contributed by atoms with Gasteiger partial charge in [0.2, 0.25) is 15.9 Å². The Morgan fingerprint density at radius 2 is 1.71 bits per heavy atom. The highest BCUT2D eigenvalue weighted by molar-refractivity contribution is 7.89. The SMILES string of the molecule is COc1ccc(C(=O)NC(C(=O)Nc2cc(S(=O)(=O)N3CCOCC3)ccc2C)C(C)C)cc1. The van der Waals surface area contributed by atoms with Gasteiger partial charge in [0.25, 0.3) is 5.91 Å². The van der Waals surface area contributed by atoms with Crippen molar-refractivity contribution in [2.75, 3.05) is 38.7 Å². The number of nitrogens with zero attached hydrogens (tertiary/aromatic N) is 1. The van der Waals surface area contributed by atoms with Crippen LogP contribution in [0.15, 0.2) is 47.4 Å². The van der Waals surface area contributed by atoms with E-state index in [-0.39, 0.29) is 23.9 Å². The zero-order valence-corrected chi connectivity index (χ0v) is 20.6. The third kappa shape index (κ3) is 5.94. The fourth-order valence-corrected chi connectivity index (χ4v) is 4.98. The van der Waals surface area contributed by atoms with Gasteiger partial charge in [-0.1, -0.05) is 19.9 Å². The molecule has 1 atom stereocenters. The molecule has 34 heavy (non-hydrogen) atoms. The molecule has 1 aliphatic rings. The minimum atomic E-state index is -3.71. The maximum Gasteiger partial charge on any atom is 0.251 e. The first-order chi connectivity index (χ1) is 16.1. The van der Waals surface area contributed by atoms with Crippen LogP contribution in [0.5, 0.6) is 5.75 Å². The van der Waals surface area contributed by atoms with Crippen molar-refractivity contribution in [2.45, 2.75) is 31.7 Å². The van der Waals surface area contributed by atoms with Crippen molar-refractivity contribution in [1.29, 1.82) is 0 Å². The Hall–Kier alpha value is -2.95. The summed E-state index contributed by atoms with van der Waals surface area (Å²) in [5.74, 6) is -0.405. The Morgan fingerprint density at radius 3 is 2.29 bits per heavy atom. The molecule has 1 aliphatic heterocycles. The Balaban J connectivity index is 1.77. The largest absolute Gasteiger partial charge is 0.497 e. The second-order valence-corrected chi connectivity index (χ2v) is 10.3. The lowest BCUT2D eigenvalue weighted by atomic mass is 10.0. The van der Waals surface area contributed by atoms with Gasteiger partial charge >= 0.3 is 0 Å². The predicted molar refractivity (Wildman–Crippen MR) is 128 cm³/mol. The molecule has 0 spiro atoms. The molecule has 2 amide bonds. The van der Waals surface area contributed by atoms with E-state index in [1.54, 1.807) is 37.3 Å². The predicted octanol–water partition coefficient (Wildman–Crippen LogP) is 2.42. The molecule has 1 heterocycles. The summed E-state index contributed by atoms with van der Waals surface area (Å²) in [5, 5.41) is 5.57. The Morgan fingerprint density at radius 1 is 1.06 bits per heavy atom. The van der Waals surface area contributed by atoms with Crippen molar-refractivity contribution in [3.63, 3.8) is 0 Å². The fourth-order valence-electron chi connectivity index (χ4n) is 3.54. The van der Waals surface area contributed by atoms with E-state index in [1.807, 2.05) is 13.8 Å². The smallest absolute Gasteiger partial charge is 0.251 e. The highest BCUT2D eigenvalue weighted by Crippen LogP contribution is 2.24. The number of nitrogens with one attached hydrogen (secondary N) is 2. The molecular weight excluding hydrogens is 458 g/mol. The molecule has 1 fully saturated rings. The van der Waals surface area contributed by atoms with Crippen LogP contribution in [0, 0.1) is 12.8 Å². The summed E-state index contributed by atoms with van der Waals surface area (Å²) < 4.78 is 37.8. The molecule has 2 N–H and O–H groups in total. The van der Waals surface area contributed by atoms with Gasteiger partial charge in [-0.3, -0.25) is 9.59 Å². The normalized spacial score (nSPS) is 15.6. The van der Waals surface area contributed by atoms with E-state index < -0.39 is 27.9 Å². The highest BCUT2D eigenvalue weighted by atomic mass is 32.2. The van der Waals surface area contributed by atoms with Crippen LogP contribution in [0.1, 0.15) is 29.8 Å². The number of rotatable bonds is 8. The Kier molecular flexibility index (Phi) is 8.29. The lowest BCUT2D eigenvalue weighted by molar-refractivity contribution is -0.118. The Labute approximate surface area is 200 Å². The second kappa shape index (κ2) is 11.0. The van der Waals surface area contributed by atoms with Crippen molar-refractivity contribution < 1.29 is 27.5 Å². The van der Waals surface area contributed by atoms with Crippen molar-refractivity contribution in [3.8, 4) is 5.75 Å². The van der Waals surface area contributed by atoms with E-state index in [9.17, 15) is 18.0 Å². The summed E-state index contributed by atoms with van der Waals surface area (Å²) in [7, 11) is -2.17. The number of benzene rings is 2. The number of carbonyl (C=O) groups excluding carboxylic acids is 2. The maximum absolute atomic E-state index is 13.1. The van der Waals surface area contributed by atoms with Crippen LogP contribution in [-0.4, -0.2) is 64.0 Å². The topological polar surface area (TPSA) is 114 Å². The first kappa shape index (κ1) is 25.7. The number of amides is 2. The monoisotopic (exact) mass is 489 g/mol.